The van der Waals surface area contributed by atoms with Crippen molar-refractivity contribution in [2.24, 2.45) is 5.73 Å². The molecule has 2 N–H and O–H groups in total. The number of pyridine rings is 1. The Kier molecular flexibility index (Phi) is 2.56. The van der Waals surface area contributed by atoms with Gasteiger partial charge >= 0.3 is 0 Å². The first-order valence-electron chi connectivity index (χ1n) is 6.01. The molecule has 4 nitrogen and oxygen atoms in total. The third-order valence-corrected chi connectivity index (χ3v) is 3.13. The van der Waals surface area contributed by atoms with Crippen LogP contribution in [0.1, 0.15) is 16.1 Å². The van der Waals surface area contributed by atoms with E-state index in [1.54, 1.807) is 4.40 Å². The molecule has 2 aromatic heterocycles. The maximum Gasteiger partial charge on any atom is 0.268 e. The first-order chi connectivity index (χ1) is 9.18. The fraction of sp³-hybridized carbons (Fsp3) is 0.0667. The van der Waals surface area contributed by atoms with E-state index in [9.17, 15) is 4.79 Å². The quantitative estimate of drug-likeness (QED) is 0.760. The van der Waals surface area contributed by atoms with Gasteiger partial charge in [0.2, 0.25) is 0 Å². The van der Waals surface area contributed by atoms with Crippen molar-refractivity contribution in [2.45, 2.75) is 6.92 Å². The number of nitrogens with zero attached hydrogens (tertiary/aromatic N) is 2. The van der Waals surface area contributed by atoms with Crippen molar-refractivity contribution in [1.82, 2.24) is 9.38 Å². The molecular formula is C15H13N3O. The van der Waals surface area contributed by atoms with E-state index in [4.69, 9.17) is 5.73 Å². The second-order valence-corrected chi connectivity index (χ2v) is 4.42. The van der Waals surface area contributed by atoms with Crippen LogP contribution >= 0.6 is 0 Å². The largest absolute Gasteiger partial charge is 0.364 e. The summed E-state index contributed by atoms with van der Waals surface area (Å²) in [5, 5.41) is 0. The van der Waals surface area contributed by atoms with Crippen LogP contribution in [0.5, 0.6) is 0 Å². The molecule has 0 aliphatic carbocycles. The zero-order valence-electron chi connectivity index (χ0n) is 10.5. The number of carbonyl (C=O) groups excluding carboxylic acids is 1. The SMILES string of the molecule is Cc1cccn2c(C(N)=O)c(-c3ccccc3)nc12. The summed E-state index contributed by atoms with van der Waals surface area (Å²) in [6, 6.07) is 13.4. The van der Waals surface area contributed by atoms with Crippen LogP contribution in [0.2, 0.25) is 0 Å². The van der Waals surface area contributed by atoms with Crippen molar-refractivity contribution in [3.8, 4) is 11.3 Å². The highest BCUT2D eigenvalue weighted by Gasteiger charge is 2.18. The van der Waals surface area contributed by atoms with E-state index < -0.39 is 5.91 Å². The van der Waals surface area contributed by atoms with E-state index in [1.165, 1.54) is 0 Å². The topological polar surface area (TPSA) is 60.4 Å². The second kappa shape index (κ2) is 4.24. The van der Waals surface area contributed by atoms with Gasteiger partial charge in [-0.05, 0) is 18.6 Å². The second-order valence-electron chi connectivity index (χ2n) is 4.42. The lowest BCUT2D eigenvalue weighted by atomic mass is 10.1. The molecule has 0 spiro atoms. The molecule has 2 heterocycles. The number of nitrogens with two attached hydrogens (primary N) is 1. The zero-order chi connectivity index (χ0) is 13.4. The van der Waals surface area contributed by atoms with Crippen LogP contribution in [0.25, 0.3) is 16.9 Å². The average molecular weight is 251 g/mol. The lowest BCUT2D eigenvalue weighted by Gasteiger charge is -2.01. The van der Waals surface area contributed by atoms with Crippen molar-refractivity contribution < 1.29 is 4.79 Å². The van der Waals surface area contributed by atoms with E-state index in [-0.39, 0.29) is 0 Å². The summed E-state index contributed by atoms with van der Waals surface area (Å²) < 4.78 is 1.75. The molecule has 3 rings (SSSR count). The standard InChI is InChI=1S/C15H13N3O/c1-10-6-5-9-18-13(14(16)19)12(17-15(10)18)11-7-3-2-4-8-11/h2-9H,1H3,(H2,16,19). The average Bonchev–Trinajstić information content (AvgIpc) is 2.81. The van der Waals surface area contributed by atoms with Crippen LogP contribution < -0.4 is 5.73 Å². The fourth-order valence-electron chi connectivity index (χ4n) is 2.24. The van der Waals surface area contributed by atoms with Crippen molar-refractivity contribution in [3.05, 3.63) is 59.9 Å². The predicted molar refractivity (Wildman–Crippen MR) is 73.9 cm³/mol. The Morgan fingerprint density at radius 1 is 1.16 bits per heavy atom. The zero-order valence-corrected chi connectivity index (χ0v) is 10.5. The molecule has 0 bridgehead atoms. The molecule has 0 unspecified atom stereocenters. The van der Waals surface area contributed by atoms with Crippen LogP contribution in [-0.4, -0.2) is 15.3 Å². The molecule has 0 aliphatic rings. The minimum atomic E-state index is -0.475. The maximum atomic E-state index is 11.7. The smallest absolute Gasteiger partial charge is 0.268 e. The van der Waals surface area contributed by atoms with E-state index in [2.05, 4.69) is 4.98 Å². The third kappa shape index (κ3) is 1.78. The minimum Gasteiger partial charge on any atom is -0.364 e. The first kappa shape index (κ1) is 11.5. The van der Waals surface area contributed by atoms with E-state index >= 15 is 0 Å². The molecular weight excluding hydrogens is 238 g/mol. The van der Waals surface area contributed by atoms with Crippen LogP contribution in [0, 0.1) is 6.92 Å². The number of aromatic nitrogens is 2. The molecule has 0 fully saturated rings. The highest BCUT2D eigenvalue weighted by molar-refractivity contribution is 5.98. The fourth-order valence-corrected chi connectivity index (χ4v) is 2.24. The number of hydrogen-bond acceptors (Lipinski definition) is 2. The Hall–Kier alpha value is -2.62. The number of hydrogen-bond donors (Lipinski definition) is 1. The van der Waals surface area contributed by atoms with Crippen LogP contribution in [0.15, 0.2) is 48.7 Å². The van der Waals surface area contributed by atoms with Gasteiger partial charge in [-0.1, -0.05) is 36.4 Å². The van der Waals surface area contributed by atoms with Gasteiger partial charge in [0.1, 0.15) is 17.0 Å². The monoisotopic (exact) mass is 251 g/mol. The number of aryl methyl sites for hydroxylation is 1. The van der Waals surface area contributed by atoms with Crippen molar-refractivity contribution in [3.63, 3.8) is 0 Å². The van der Waals surface area contributed by atoms with Crippen LogP contribution in [0.4, 0.5) is 0 Å². The van der Waals surface area contributed by atoms with Gasteiger partial charge in [0.25, 0.3) is 5.91 Å². The number of rotatable bonds is 2. The molecule has 4 heteroatoms. The molecule has 0 radical (unpaired) electrons. The summed E-state index contributed by atoms with van der Waals surface area (Å²) in [6.07, 6.45) is 1.81. The molecule has 0 saturated heterocycles. The minimum absolute atomic E-state index is 0.421. The number of imidazole rings is 1. The predicted octanol–water partition coefficient (Wildman–Crippen LogP) is 2.41. The number of amides is 1. The molecule has 0 atom stereocenters. The van der Waals surface area contributed by atoms with E-state index in [1.807, 2.05) is 55.6 Å². The summed E-state index contributed by atoms with van der Waals surface area (Å²) in [7, 11) is 0. The van der Waals surface area contributed by atoms with Gasteiger partial charge in [-0.3, -0.25) is 9.20 Å². The molecule has 19 heavy (non-hydrogen) atoms. The van der Waals surface area contributed by atoms with Gasteiger partial charge in [0.15, 0.2) is 0 Å². The van der Waals surface area contributed by atoms with Gasteiger partial charge in [0, 0.05) is 11.8 Å². The van der Waals surface area contributed by atoms with Gasteiger partial charge in [-0.25, -0.2) is 4.98 Å². The Morgan fingerprint density at radius 2 is 1.89 bits per heavy atom. The number of fused-ring (bicyclic) bond motifs is 1. The molecule has 94 valence electrons. The number of primary amides is 1. The summed E-state index contributed by atoms with van der Waals surface area (Å²) in [5.41, 5.74) is 9.22. The van der Waals surface area contributed by atoms with Crippen LogP contribution in [0.3, 0.4) is 0 Å². The molecule has 3 aromatic rings. The normalized spacial score (nSPS) is 10.8. The van der Waals surface area contributed by atoms with E-state index in [0.717, 1.165) is 16.8 Å². The molecule has 1 aromatic carbocycles. The molecule has 1 amide bonds. The summed E-state index contributed by atoms with van der Waals surface area (Å²) >= 11 is 0. The molecule has 0 saturated carbocycles. The lowest BCUT2D eigenvalue weighted by molar-refractivity contribution is 0.0995. The number of benzene rings is 1. The van der Waals surface area contributed by atoms with Crippen molar-refractivity contribution in [2.75, 3.05) is 0 Å². The van der Waals surface area contributed by atoms with Gasteiger partial charge in [-0.15, -0.1) is 0 Å². The number of carbonyl (C=O) groups is 1. The van der Waals surface area contributed by atoms with Gasteiger partial charge in [-0.2, -0.15) is 0 Å². The highest BCUT2D eigenvalue weighted by atomic mass is 16.1. The Morgan fingerprint density at radius 3 is 2.58 bits per heavy atom. The summed E-state index contributed by atoms with van der Waals surface area (Å²) in [5.74, 6) is -0.475. The lowest BCUT2D eigenvalue weighted by Crippen LogP contribution is -2.15. The Bertz CT molecular complexity index is 760. The maximum absolute atomic E-state index is 11.7. The third-order valence-electron chi connectivity index (χ3n) is 3.13. The van der Waals surface area contributed by atoms with Crippen molar-refractivity contribution >= 4 is 11.6 Å². The van der Waals surface area contributed by atoms with Gasteiger partial charge < -0.3 is 5.73 Å². The van der Waals surface area contributed by atoms with Crippen molar-refractivity contribution in [1.29, 1.82) is 0 Å². The highest BCUT2D eigenvalue weighted by Crippen LogP contribution is 2.25. The summed E-state index contributed by atoms with van der Waals surface area (Å²) in [4.78, 5) is 16.3. The summed E-state index contributed by atoms with van der Waals surface area (Å²) in [6.45, 7) is 1.96. The Balaban J connectivity index is 2.39. The van der Waals surface area contributed by atoms with Gasteiger partial charge in [0.05, 0.1) is 0 Å². The first-order valence-corrected chi connectivity index (χ1v) is 6.01. The Labute approximate surface area is 110 Å². The molecule has 0 aliphatic heterocycles. The van der Waals surface area contributed by atoms with Crippen LogP contribution in [-0.2, 0) is 0 Å². The van der Waals surface area contributed by atoms with E-state index in [0.29, 0.717) is 11.4 Å².